The van der Waals surface area contributed by atoms with Gasteiger partial charge in [0.05, 0.1) is 16.6 Å². The average molecular weight is 374 g/mol. The quantitative estimate of drug-likeness (QED) is 0.703. The lowest BCUT2D eigenvalue weighted by atomic mass is 10.1. The molecule has 140 valence electrons. The summed E-state index contributed by atoms with van der Waals surface area (Å²) in [5.74, 6) is 0.931. The van der Waals surface area contributed by atoms with Crippen molar-refractivity contribution < 1.29 is 4.79 Å². The maximum Gasteiger partial charge on any atom is 0.270 e. The van der Waals surface area contributed by atoms with E-state index in [-0.39, 0.29) is 22.8 Å². The molecule has 1 aliphatic rings. The molecule has 1 aliphatic heterocycles. The summed E-state index contributed by atoms with van der Waals surface area (Å²) in [6.07, 6.45) is 5.74. The van der Waals surface area contributed by atoms with E-state index in [0.717, 1.165) is 18.4 Å². The Morgan fingerprint density at radius 3 is 2.69 bits per heavy atom. The zero-order valence-corrected chi connectivity index (χ0v) is 16.3. The van der Waals surface area contributed by atoms with Crippen LogP contribution < -0.4 is 10.9 Å². The van der Waals surface area contributed by atoms with Gasteiger partial charge in [0.1, 0.15) is 5.82 Å². The molecular weight excluding hydrogens is 346 g/mol. The highest BCUT2D eigenvalue weighted by molar-refractivity contribution is 8.00. The predicted octanol–water partition coefficient (Wildman–Crippen LogP) is 4.48. The minimum absolute atomic E-state index is 0.0550. The third-order valence-electron chi connectivity index (χ3n) is 4.88. The van der Waals surface area contributed by atoms with Gasteiger partial charge in [-0.15, -0.1) is 11.8 Å². The highest BCUT2D eigenvalue weighted by atomic mass is 32.2. The summed E-state index contributed by atoms with van der Waals surface area (Å²) in [6.45, 7) is 4.30. The first-order chi connectivity index (χ1) is 12.6. The molecule has 2 N–H and O–H groups in total. The number of carbonyl (C=O) groups excluding carboxylic acids is 1. The molecule has 0 saturated heterocycles. The van der Waals surface area contributed by atoms with Crippen molar-refractivity contribution >= 4 is 23.5 Å². The van der Waals surface area contributed by atoms with Crippen LogP contribution in [0.15, 0.2) is 35.1 Å². The number of nitrogens with zero attached hydrogens (tertiary/aromatic N) is 1. The number of H-pyrrole nitrogens is 1. The highest BCUT2D eigenvalue weighted by Crippen LogP contribution is 2.40. The Bertz CT molecular complexity index is 797. The van der Waals surface area contributed by atoms with Crippen molar-refractivity contribution in [1.29, 1.82) is 0 Å². The van der Waals surface area contributed by atoms with E-state index in [4.69, 9.17) is 0 Å². The number of amides is 1. The van der Waals surface area contributed by atoms with Gasteiger partial charge in [0.25, 0.3) is 5.56 Å². The SMILES string of the molecule is CCCCCC[C@@H](C)n1[nH]c(=O)c2c1NC(=O)CS[C@@H]2c1ccccc1. The molecule has 0 spiro atoms. The van der Waals surface area contributed by atoms with E-state index in [9.17, 15) is 9.59 Å². The maximum absolute atomic E-state index is 12.8. The standard InChI is InChI=1S/C20H27N3O2S/c1-3-4-5-7-10-14(2)23-19-17(20(25)22-23)18(26-13-16(24)21-19)15-11-8-6-9-12-15/h6,8-9,11-12,14,18H,3-5,7,10,13H2,1-2H3,(H,21,24)(H,22,25)/t14-,18-/m1/s1. The van der Waals surface area contributed by atoms with Gasteiger partial charge in [-0.05, 0) is 18.9 Å². The summed E-state index contributed by atoms with van der Waals surface area (Å²) in [6, 6.07) is 10.1. The number of aromatic nitrogens is 2. The van der Waals surface area contributed by atoms with Crippen LogP contribution in [0.25, 0.3) is 0 Å². The molecule has 0 fully saturated rings. The van der Waals surface area contributed by atoms with Gasteiger partial charge in [-0.1, -0.05) is 62.9 Å². The summed E-state index contributed by atoms with van der Waals surface area (Å²) in [7, 11) is 0. The Kier molecular flexibility index (Phi) is 6.25. The van der Waals surface area contributed by atoms with Crippen LogP contribution in [0.2, 0.25) is 0 Å². The zero-order valence-electron chi connectivity index (χ0n) is 15.5. The van der Waals surface area contributed by atoms with Crippen LogP contribution >= 0.6 is 11.8 Å². The Morgan fingerprint density at radius 2 is 1.96 bits per heavy atom. The molecule has 0 saturated carbocycles. The Morgan fingerprint density at radius 1 is 1.19 bits per heavy atom. The van der Waals surface area contributed by atoms with Crippen molar-refractivity contribution in [1.82, 2.24) is 9.78 Å². The van der Waals surface area contributed by atoms with Gasteiger partial charge >= 0.3 is 0 Å². The fourth-order valence-corrected chi connectivity index (χ4v) is 4.59. The number of unbranched alkanes of at least 4 members (excludes halogenated alkanes) is 3. The van der Waals surface area contributed by atoms with Crippen LogP contribution in [0.1, 0.15) is 68.4 Å². The second-order valence-electron chi connectivity index (χ2n) is 6.92. The normalized spacial score (nSPS) is 18.1. The van der Waals surface area contributed by atoms with E-state index < -0.39 is 0 Å². The number of hydrogen-bond donors (Lipinski definition) is 2. The Balaban J connectivity index is 1.93. The fourth-order valence-electron chi connectivity index (χ4n) is 3.46. The molecule has 0 bridgehead atoms. The number of fused-ring (bicyclic) bond motifs is 1. The lowest BCUT2D eigenvalue weighted by Gasteiger charge is -2.17. The lowest BCUT2D eigenvalue weighted by Crippen LogP contribution is -2.18. The van der Waals surface area contributed by atoms with Gasteiger partial charge in [-0.25, -0.2) is 0 Å². The molecule has 3 rings (SSSR count). The van der Waals surface area contributed by atoms with Crippen LogP contribution in [0, 0.1) is 0 Å². The van der Waals surface area contributed by atoms with E-state index in [1.165, 1.54) is 31.0 Å². The van der Waals surface area contributed by atoms with E-state index in [1.54, 1.807) is 0 Å². The number of rotatable bonds is 7. The molecule has 0 unspecified atom stereocenters. The maximum atomic E-state index is 12.8. The largest absolute Gasteiger partial charge is 0.310 e. The molecule has 2 aromatic rings. The molecule has 5 nitrogen and oxygen atoms in total. The Hall–Kier alpha value is -1.95. The van der Waals surface area contributed by atoms with Crippen LogP contribution in [0.3, 0.4) is 0 Å². The first-order valence-corrected chi connectivity index (χ1v) is 10.5. The van der Waals surface area contributed by atoms with Gasteiger partial charge < -0.3 is 5.32 Å². The Labute approximate surface area is 158 Å². The third kappa shape index (κ3) is 4.06. The van der Waals surface area contributed by atoms with Crippen molar-refractivity contribution in [3.05, 3.63) is 51.8 Å². The van der Waals surface area contributed by atoms with E-state index in [1.807, 2.05) is 35.0 Å². The van der Waals surface area contributed by atoms with Crippen molar-refractivity contribution in [2.24, 2.45) is 0 Å². The van der Waals surface area contributed by atoms with Crippen molar-refractivity contribution in [2.75, 3.05) is 11.1 Å². The molecule has 2 atom stereocenters. The molecule has 2 heterocycles. The van der Waals surface area contributed by atoms with Gasteiger partial charge in [0.2, 0.25) is 5.91 Å². The van der Waals surface area contributed by atoms with Gasteiger partial charge in [0.15, 0.2) is 0 Å². The first-order valence-electron chi connectivity index (χ1n) is 9.42. The number of nitrogens with one attached hydrogen (secondary N) is 2. The topological polar surface area (TPSA) is 66.9 Å². The van der Waals surface area contributed by atoms with Gasteiger partial charge in [0, 0.05) is 6.04 Å². The van der Waals surface area contributed by atoms with Crippen molar-refractivity contribution in [3.8, 4) is 0 Å². The summed E-state index contributed by atoms with van der Waals surface area (Å²) in [5.41, 5.74) is 1.60. The first kappa shape index (κ1) is 18.8. The molecule has 1 aromatic heterocycles. The molecule has 1 aromatic carbocycles. The number of hydrogen-bond acceptors (Lipinski definition) is 3. The zero-order chi connectivity index (χ0) is 18.5. The predicted molar refractivity (Wildman–Crippen MR) is 108 cm³/mol. The van der Waals surface area contributed by atoms with Crippen molar-refractivity contribution in [3.63, 3.8) is 0 Å². The molecule has 6 heteroatoms. The van der Waals surface area contributed by atoms with Crippen molar-refractivity contribution in [2.45, 2.75) is 57.2 Å². The van der Waals surface area contributed by atoms with Crippen LogP contribution in [-0.2, 0) is 4.79 Å². The van der Waals surface area contributed by atoms with Crippen LogP contribution in [0.4, 0.5) is 5.82 Å². The molecule has 0 aliphatic carbocycles. The summed E-state index contributed by atoms with van der Waals surface area (Å²) in [4.78, 5) is 25.0. The number of carbonyl (C=O) groups is 1. The molecular formula is C20H27N3O2S. The highest BCUT2D eigenvalue weighted by Gasteiger charge is 2.31. The van der Waals surface area contributed by atoms with E-state index >= 15 is 0 Å². The molecule has 1 amide bonds. The fraction of sp³-hybridized carbons (Fsp3) is 0.500. The van der Waals surface area contributed by atoms with E-state index in [0.29, 0.717) is 17.1 Å². The minimum Gasteiger partial charge on any atom is -0.310 e. The minimum atomic E-state index is -0.137. The smallest absolute Gasteiger partial charge is 0.270 e. The second kappa shape index (κ2) is 8.62. The van der Waals surface area contributed by atoms with Crippen LogP contribution in [-0.4, -0.2) is 21.4 Å². The number of benzene rings is 1. The van der Waals surface area contributed by atoms with Gasteiger partial charge in [-0.3, -0.25) is 19.4 Å². The lowest BCUT2D eigenvalue weighted by molar-refractivity contribution is -0.113. The summed E-state index contributed by atoms with van der Waals surface area (Å²) in [5, 5.41) is 5.81. The second-order valence-corrected chi connectivity index (χ2v) is 8.01. The monoisotopic (exact) mass is 373 g/mol. The number of aromatic amines is 1. The van der Waals surface area contributed by atoms with Crippen LogP contribution in [0.5, 0.6) is 0 Å². The summed E-state index contributed by atoms with van der Waals surface area (Å²) >= 11 is 1.51. The van der Waals surface area contributed by atoms with Gasteiger partial charge in [-0.2, -0.15) is 0 Å². The van der Waals surface area contributed by atoms with E-state index in [2.05, 4.69) is 24.3 Å². The number of anilines is 1. The third-order valence-corrected chi connectivity index (χ3v) is 6.15. The molecule has 0 radical (unpaired) electrons. The number of thioether (sulfide) groups is 1. The molecule has 26 heavy (non-hydrogen) atoms. The average Bonchev–Trinajstić information content (AvgIpc) is 2.85. The summed E-state index contributed by atoms with van der Waals surface area (Å²) < 4.78 is 1.86.